The van der Waals surface area contributed by atoms with Crippen molar-refractivity contribution in [1.29, 1.82) is 0 Å². The summed E-state index contributed by atoms with van der Waals surface area (Å²) in [7, 11) is 1.98. The van der Waals surface area contributed by atoms with Gasteiger partial charge in [-0.05, 0) is 26.0 Å². The molecular weight excluding hydrogens is 214 g/mol. The first-order chi connectivity index (χ1) is 8.04. The number of ether oxygens (including phenoxy) is 1. The highest BCUT2D eigenvalue weighted by Crippen LogP contribution is 2.32. The zero-order valence-electron chi connectivity index (χ0n) is 10.7. The van der Waals surface area contributed by atoms with E-state index in [1.807, 2.05) is 25.5 Å². The van der Waals surface area contributed by atoms with Gasteiger partial charge in [0.1, 0.15) is 0 Å². The predicted molar refractivity (Wildman–Crippen MR) is 68.3 cm³/mol. The summed E-state index contributed by atoms with van der Waals surface area (Å²) in [5, 5.41) is 1.01. The molecule has 0 fully saturated rings. The fraction of sp³-hybridized carbons (Fsp3) is 0.357. The van der Waals surface area contributed by atoms with Crippen molar-refractivity contribution in [1.82, 2.24) is 4.57 Å². The van der Waals surface area contributed by atoms with E-state index in [4.69, 9.17) is 4.74 Å². The molecule has 3 heteroatoms. The normalized spacial score (nSPS) is 10.8. The first-order valence-corrected chi connectivity index (χ1v) is 5.81. The van der Waals surface area contributed by atoms with Gasteiger partial charge in [-0.1, -0.05) is 18.6 Å². The summed E-state index contributed by atoms with van der Waals surface area (Å²) in [5.74, 6) is 0.500. The van der Waals surface area contributed by atoms with Crippen molar-refractivity contribution in [3.63, 3.8) is 0 Å². The lowest BCUT2D eigenvalue weighted by Crippen LogP contribution is -2.06. The maximum Gasteiger partial charge on any atom is 0.310 e. The summed E-state index contributed by atoms with van der Waals surface area (Å²) in [6.45, 7) is 5.80. The molecule has 3 nitrogen and oxygen atoms in total. The second kappa shape index (κ2) is 4.24. The standard InChI is InChI=1S/C14H17NO2/c1-5-13(16)17-14-10(3)15(4)12-7-6-9(2)8-11(12)14/h6-8H,5H2,1-4H3. The van der Waals surface area contributed by atoms with Crippen LogP contribution in [0.25, 0.3) is 10.9 Å². The van der Waals surface area contributed by atoms with Gasteiger partial charge in [0.2, 0.25) is 0 Å². The second-order valence-corrected chi connectivity index (χ2v) is 4.32. The van der Waals surface area contributed by atoms with Crippen LogP contribution in [0.2, 0.25) is 0 Å². The minimum atomic E-state index is -0.192. The van der Waals surface area contributed by atoms with E-state index < -0.39 is 0 Å². The van der Waals surface area contributed by atoms with E-state index in [1.165, 1.54) is 0 Å². The molecule has 0 saturated carbocycles. The zero-order chi connectivity index (χ0) is 12.6. The first kappa shape index (κ1) is 11.7. The van der Waals surface area contributed by atoms with Gasteiger partial charge in [-0.2, -0.15) is 0 Å². The Kier molecular flexibility index (Phi) is 2.92. The SMILES string of the molecule is CCC(=O)Oc1c(C)n(C)c2ccc(C)cc12. The fourth-order valence-corrected chi connectivity index (χ4v) is 1.97. The number of esters is 1. The molecule has 0 aliphatic carbocycles. The molecule has 1 aromatic carbocycles. The van der Waals surface area contributed by atoms with Gasteiger partial charge in [-0.15, -0.1) is 0 Å². The molecule has 0 N–H and O–H groups in total. The summed E-state index contributed by atoms with van der Waals surface area (Å²) in [6.07, 6.45) is 0.391. The highest BCUT2D eigenvalue weighted by molar-refractivity contribution is 5.91. The third-order valence-corrected chi connectivity index (χ3v) is 3.09. The smallest absolute Gasteiger partial charge is 0.310 e. The molecule has 0 radical (unpaired) electrons. The summed E-state index contributed by atoms with van der Waals surface area (Å²) >= 11 is 0. The molecule has 1 aromatic heterocycles. The third kappa shape index (κ3) is 1.93. The van der Waals surface area contributed by atoms with Gasteiger partial charge in [0.05, 0.1) is 11.2 Å². The Bertz CT molecular complexity index is 581. The number of benzene rings is 1. The molecule has 90 valence electrons. The summed E-state index contributed by atoms with van der Waals surface area (Å²) in [4.78, 5) is 11.4. The average Bonchev–Trinajstić information content (AvgIpc) is 2.54. The molecule has 2 rings (SSSR count). The minimum Gasteiger partial charge on any atom is -0.424 e. The number of rotatable bonds is 2. The number of aryl methyl sites for hydroxylation is 2. The lowest BCUT2D eigenvalue weighted by molar-refractivity contribution is -0.133. The molecule has 0 aliphatic heterocycles. The molecule has 17 heavy (non-hydrogen) atoms. The van der Waals surface area contributed by atoms with Crippen LogP contribution in [-0.2, 0) is 11.8 Å². The van der Waals surface area contributed by atoms with E-state index in [1.54, 1.807) is 6.92 Å². The summed E-state index contributed by atoms with van der Waals surface area (Å²) in [5.41, 5.74) is 3.23. The van der Waals surface area contributed by atoms with Crippen molar-refractivity contribution in [2.45, 2.75) is 27.2 Å². The Morgan fingerprint density at radius 2 is 2.06 bits per heavy atom. The van der Waals surface area contributed by atoms with Crippen molar-refractivity contribution in [2.24, 2.45) is 7.05 Å². The number of hydrogen-bond donors (Lipinski definition) is 0. The maximum absolute atomic E-state index is 11.4. The molecule has 1 heterocycles. The van der Waals surface area contributed by atoms with Gasteiger partial charge in [-0.3, -0.25) is 4.79 Å². The molecule has 2 aromatic rings. The Balaban J connectivity index is 2.64. The van der Waals surface area contributed by atoms with Crippen LogP contribution in [0, 0.1) is 13.8 Å². The molecule has 0 spiro atoms. The second-order valence-electron chi connectivity index (χ2n) is 4.32. The quantitative estimate of drug-likeness (QED) is 0.744. The third-order valence-electron chi connectivity index (χ3n) is 3.09. The summed E-state index contributed by atoms with van der Waals surface area (Å²) < 4.78 is 7.47. The summed E-state index contributed by atoms with van der Waals surface area (Å²) in [6, 6.07) is 6.18. The van der Waals surface area contributed by atoms with Gasteiger partial charge in [0, 0.05) is 18.9 Å². The molecule has 0 aliphatic rings. The Morgan fingerprint density at radius 3 is 2.71 bits per heavy atom. The van der Waals surface area contributed by atoms with E-state index in [2.05, 4.69) is 18.2 Å². The molecule has 0 bridgehead atoms. The van der Waals surface area contributed by atoms with Crippen LogP contribution in [0.3, 0.4) is 0 Å². The van der Waals surface area contributed by atoms with Gasteiger partial charge in [0.25, 0.3) is 0 Å². The van der Waals surface area contributed by atoms with Crippen LogP contribution in [-0.4, -0.2) is 10.5 Å². The van der Waals surface area contributed by atoms with E-state index >= 15 is 0 Å². The van der Waals surface area contributed by atoms with E-state index in [-0.39, 0.29) is 5.97 Å². The number of aromatic nitrogens is 1. The van der Waals surface area contributed by atoms with Crippen LogP contribution in [0.1, 0.15) is 24.6 Å². The molecular formula is C14H17NO2. The van der Waals surface area contributed by atoms with Gasteiger partial charge >= 0.3 is 5.97 Å². The van der Waals surface area contributed by atoms with Crippen LogP contribution in [0.15, 0.2) is 18.2 Å². The minimum absolute atomic E-state index is 0.192. The molecule has 0 atom stereocenters. The first-order valence-electron chi connectivity index (χ1n) is 5.81. The Morgan fingerprint density at radius 1 is 1.35 bits per heavy atom. The lowest BCUT2D eigenvalue weighted by Gasteiger charge is -2.03. The van der Waals surface area contributed by atoms with E-state index in [0.29, 0.717) is 12.2 Å². The van der Waals surface area contributed by atoms with Gasteiger partial charge in [-0.25, -0.2) is 0 Å². The maximum atomic E-state index is 11.4. The van der Waals surface area contributed by atoms with Crippen molar-refractivity contribution in [2.75, 3.05) is 0 Å². The highest BCUT2D eigenvalue weighted by atomic mass is 16.5. The van der Waals surface area contributed by atoms with Gasteiger partial charge < -0.3 is 9.30 Å². The van der Waals surface area contributed by atoms with Crippen molar-refractivity contribution in [3.8, 4) is 5.75 Å². The number of fused-ring (bicyclic) bond motifs is 1. The van der Waals surface area contributed by atoms with Crippen molar-refractivity contribution in [3.05, 3.63) is 29.5 Å². The molecule has 0 saturated heterocycles. The number of hydrogen-bond acceptors (Lipinski definition) is 2. The molecule has 0 unspecified atom stereocenters. The van der Waals surface area contributed by atoms with Crippen LogP contribution in [0.4, 0.5) is 0 Å². The Labute approximate surface area is 101 Å². The monoisotopic (exact) mass is 231 g/mol. The van der Waals surface area contributed by atoms with Crippen molar-refractivity contribution >= 4 is 16.9 Å². The van der Waals surface area contributed by atoms with E-state index in [9.17, 15) is 4.79 Å². The van der Waals surface area contributed by atoms with Crippen LogP contribution in [0.5, 0.6) is 5.75 Å². The zero-order valence-corrected chi connectivity index (χ0v) is 10.7. The highest BCUT2D eigenvalue weighted by Gasteiger charge is 2.15. The van der Waals surface area contributed by atoms with Gasteiger partial charge in [0.15, 0.2) is 5.75 Å². The largest absolute Gasteiger partial charge is 0.424 e. The fourth-order valence-electron chi connectivity index (χ4n) is 1.97. The van der Waals surface area contributed by atoms with Crippen molar-refractivity contribution < 1.29 is 9.53 Å². The van der Waals surface area contributed by atoms with E-state index in [0.717, 1.165) is 22.2 Å². The number of carbonyl (C=O) groups is 1. The molecule has 0 amide bonds. The predicted octanol–water partition coefficient (Wildman–Crippen LogP) is 3.11. The topological polar surface area (TPSA) is 31.2 Å². The lowest BCUT2D eigenvalue weighted by atomic mass is 10.1. The van der Waals surface area contributed by atoms with Crippen LogP contribution < -0.4 is 4.74 Å². The van der Waals surface area contributed by atoms with Crippen LogP contribution >= 0.6 is 0 Å². The average molecular weight is 231 g/mol. The number of nitrogens with zero attached hydrogens (tertiary/aromatic N) is 1. The number of carbonyl (C=O) groups excluding carboxylic acids is 1. The Hall–Kier alpha value is -1.77.